The normalized spacial score (nSPS) is 11.6. The van der Waals surface area contributed by atoms with Crippen molar-refractivity contribution >= 4 is 10.0 Å². The third kappa shape index (κ3) is 5.35. The number of methoxy groups -OCH3 is 1. The number of hydrogen-bond donors (Lipinski definition) is 0. The Balaban J connectivity index is 2.98. The van der Waals surface area contributed by atoms with Crippen LogP contribution >= 0.6 is 0 Å². The van der Waals surface area contributed by atoms with Crippen LogP contribution in [-0.2, 0) is 14.8 Å². The van der Waals surface area contributed by atoms with Gasteiger partial charge in [0, 0.05) is 13.7 Å². The van der Waals surface area contributed by atoms with Crippen molar-refractivity contribution in [2.24, 2.45) is 0 Å². The molecule has 0 N–H and O–H groups in total. The van der Waals surface area contributed by atoms with E-state index >= 15 is 0 Å². The minimum Gasteiger partial charge on any atom is -0.381 e. The molecule has 21 heavy (non-hydrogen) atoms. The van der Waals surface area contributed by atoms with Gasteiger partial charge in [0.15, 0.2) is 0 Å². The SMILES string of the molecule is CC#CCN(C/C=C/COC)S(=O)(=O)c1ccc(C)cc1. The van der Waals surface area contributed by atoms with Gasteiger partial charge in [-0.1, -0.05) is 35.8 Å². The van der Waals surface area contributed by atoms with Crippen molar-refractivity contribution in [1.29, 1.82) is 0 Å². The third-order valence-electron chi connectivity index (χ3n) is 2.83. The largest absolute Gasteiger partial charge is 0.381 e. The molecule has 0 spiro atoms. The van der Waals surface area contributed by atoms with E-state index in [0.29, 0.717) is 6.61 Å². The highest BCUT2D eigenvalue weighted by atomic mass is 32.2. The zero-order valence-electron chi connectivity index (χ0n) is 12.7. The van der Waals surface area contributed by atoms with E-state index in [9.17, 15) is 8.42 Å². The number of hydrogen-bond acceptors (Lipinski definition) is 3. The van der Waals surface area contributed by atoms with Crippen LogP contribution in [0.15, 0.2) is 41.3 Å². The monoisotopic (exact) mass is 307 g/mol. The lowest BCUT2D eigenvalue weighted by molar-refractivity contribution is 0.233. The van der Waals surface area contributed by atoms with E-state index in [1.165, 1.54) is 4.31 Å². The molecule has 1 rings (SSSR count). The van der Waals surface area contributed by atoms with E-state index in [-0.39, 0.29) is 18.0 Å². The molecule has 0 aromatic heterocycles. The number of aryl methyl sites for hydroxylation is 1. The van der Waals surface area contributed by atoms with Crippen molar-refractivity contribution in [3.05, 3.63) is 42.0 Å². The second kappa shape index (κ2) is 8.63. The molecule has 0 aliphatic heterocycles. The Morgan fingerprint density at radius 2 is 1.90 bits per heavy atom. The number of sulfonamides is 1. The molecule has 4 nitrogen and oxygen atoms in total. The van der Waals surface area contributed by atoms with E-state index in [2.05, 4.69) is 11.8 Å². The lowest BCUT2D eigenvalue weighted by Gasteiger charge is -2.18. The van der Waals surface area contributed by atoms with Crippen LogP contribution in [0.25, 0.3) is 0 Å². The van der Waals surface area contributed by atoms with Crippen molar-refractivity contribution in [3.63, 3.8) is 0 Å². The average Bonchev–Trinajstić information content (AvgIpc) is 2.46. The number of rotatable bonds is 7. The quantitative estimate of drug-likeness (QED) is 0.573. The van der Waals surface area contributed by atoms with Gasteiger partial charge in [-0.05, 0) is 26.0 Å². The molecule has 0 saturated heterocycles. The van der Waals surface area contributed by atoms with Gasteiger partial charge in [-0.3, -0.25) is 0 Å². The molecule has 0 bridgehead atoms. The van der Waals surface area contributed by atoms with E-state index in [1.54, 1.807) is 50.5 Å². The van der Waals surface area contributed by atoms with Crippen LogP contribution in [0, 0.1) is 18.8 Å². The fraction of sp³-hybridized carbons (Fsp3) is 0.375. The highest BCUT2D eigenvalue weighted by Crippen LogP contribution is 2.16. The second-order valence-electron chi connectivity index (χ2n) is 4.46. The molecule has 114 valence electrons. The fourth-order valence-corrected chi connectivity index (χ4v) is 2.93. The number of nitrogens with zero attached hydrogens (tertiary/aromatic N) is 1. The van der Waals surface area contributed by atoms with Crippen molar-refractivity contribution in [3.8, 4) is 11.8 Å². The van der Waals surface area contributed by atoms with Crippen LogP contribution in [0.1, 0.15) is 12.5 Å². The van der Waals surface area contributed by atoms with Gasteiger partial charge in [-0.15, -0.1) is 5.92 Å². The molecular weight excluding hydrogens is 286 g/mol. The molecular formula is C16H21NO3S. The molecule has 0 fully saturated rings. The van der Waals surface area contributed by atoms with Crippen molar-refractivity contribution in [2.75, 3.05) is 26.8 Å². The lowest BCUT2D eigenvalue weighted by Crippen LogP contribution is -2.31. The molecule has 0 unspecified atom stereocenters. The Morgan fingerprint density at radius 3 is 2.48 bits per heavy atom. The standard InChI is InChI=1S/C16H21NO3S/c1-4-5-12-17(13-6-7-14-20-3)21(18,19)16-10-8-15(2)9-11-16/h6-11H,12-14H2,1-3H3/b7-6+. The van der Waals surface area contributed by atoms with Gasteiger partial charge in [0.05, 0.1) is 18.0 Å². The predicted octanol–water partition coefficient (Wildman–Crippen LogP) is 2.21. The number of ether oxygens (including phenoxy) is 1. The maximum atomic E-state index is 12.6. The number of benzene rings is 1. The van der Waals surface area contributed by atoms with Gasteiger partial charge >= 0.3 is 0 Å². The summed E-state index contributed by atoms with van der Waals surface area (Å²) in [4.78, 5) is 0.283. The van der Waals surface area contributed by atoms with Gasteiger partial charge in [0.2, 0.25) is 10.0 Å². The zero-order chi connectivity index (χ0) is 15.7. The highest BCUT2D eigenvalue weighted by Gasteiger charge is 2.22. The predicted molar refractivity (Wildman–Crippen MR) is 84.4 cm³/mol. The van der Waals surface area contributed by atoms with Crippen LogP contribution in [0.3, 0.4) is 0 Å². The molecule has 5 heteroatoms. The van der Waals surface area contributed by atoms with E-state index in [0.717, 1.165) is 5.56 Å². The Hall–Kier alpha value is -1.61. The summed E-state index contributed by atoms with van der Waals surface area (Å²) in [5.41, 5.74) is 1.02. The van der Waals surface area contributed by atoms with Crippen LogP contribution in [-0.4, -0.2) is 39.5 Å². The summed E-state index contributed by atoms with van der Waals surface area (Å²) < 4.78 is 31.5. The third-order valence-corrected chi connectivity index (χ3v) is 4.66. The van der Waals surface area contributed by atoms with Crippen LogP contribution < -0.4 is 0 Å². The van der Waals surface area contributed by atoms with Crippen molar-refractivity contribution < 1.29 is 13.2 Å². The van der Waals surface area contributed by atoms with Crippen molar-refractivity contribution in [1.82, 2.24) is 4.31 Å². The maximum Gasteiger partial charge on any atom is 0.244 e. The molecule has 0 aliphatic rings. The lowest BCUT2D eigenvalue weighted by atomic mass is 10.2. The Morgan fingerprint density at radius 1 is 1.24 bits per heavy atom. The molecule has 1 aromatic rings. The molecule has 0 heterocycles. The Kier molecular flexibility index (Phi) is 7.17. The molecule has 0 amide bonds. The van der Waals surface area contributed by atoms with Crippen molar-refractivity contribution in [2.45, 2.75) is 18.7 Å². The summed E-state index contributed by atoms with van der Waals surface area (Å²) in [7, 11) is -1.95. The minimum absolute atomic E-state index is 0.171. The van der Waals surface area contributed by atoms with Gasteiger partial charge < -0.3 is 4.74 Å². The fourth-order valence-electron chi connectivity index (χ4n) is 1.63. The first-order valence-electron chi connectivity index (χ1n) is 6.62. The molecule has 0 radical (unpaired) electrons. The smallest absolute Gasteiger partial charge is 0.244 e. The average molecular weight is 307 g/mol. The van der Waals surface area contributed by atoms with Gasteiger partial charge in [0.1, 0.15) is 0 Å². The van der Waals surface area contributed by atoms with Gasteiger partial charge in [-0.2, -0.15) is 4.31 Å². The maximum absolute atomic E-state index is 12.6. The summed E-state index contributed by atoms with van der Waals surface area (Å²) in [6.45, 7) is 4.51. The van der Waals surface area contributed by atoms with Gasteiger partial charge in [0.25, 0.3) is 0 Å². The van der Waals surface area contributed by atoms with Crippen LogP contribution in [0.4, 0.5) is 0 Å². The molecule has 0 aliphatic carbocycles. The Bertz CT molecular complexity index is 622. The molecule has 0 saturated carbocycles. The first-order valence-corrected chi connectivity index (χ1v) is 8.06. The first kappa shape index (κ1) is 17.4. The first-order chi connectivity index (χ1) is 10.0. The summed E-state index contributed by atoms with van der Waals surface area (Å²) >= 11 is 0. The van der Waals surface area contributed by atoms with E-state index in [1.807, 2.05) is 6.92 Å². The summed E-state index contributed by atoms with van der Waals surface area (Å²) in [6.07, 6.45) is 3.56. The van der Waals surface area contributed by atoms with Crippen LogP contribution in [0.5, 0.6) is 0 Å². The summed E-state index contributed by atoms with van der Waals surface area (Å²) in [6, 6.07) is 6.82. The molecule has 1 aromatic carbocycles. The Labute approximate surface area is 127 Å². The topological polar surface area (TPSA) is 46.6 Å². The summed E-state index contributed by atoms with van der Waals surface area (Å²) in [5.74, 6) is 5.54. The highest BCUT2D eigenvalue weighted by molar-refractivity contribution is 7.89. The minimum atomic E-state index is -3.54. The van der Waals surface area contributed by atoms with E-state index in [4.69, 9.17) is 4.74 Å². The zero-order valence-corrected chi connectivity index (χ0v) is 13.5. The van der Waals surface area contributed by atoms with Crippen LogP contribution in [0.2, 0.25) is 0 Å². The summed E-state index contributed by atoms with van der Waals surface area (Å²) in [5, 5.41) is 0. The van der Waals surface area contributed by atoms with Gasteiger partial charge in [-0.25, -0.2) is 8.42 Å². The second-order valence-corrected chi connectivity index (χ2v) is 6.40. The molecule has 0 atom stereocenters. The van der Waals surface area contributed by atoms with E-state index < -0.39 is 10.0 Å².